The van der Waals surface area contributed by atoms with Crippen LogP contribution in [0, 0.1) is 0 Å². The van der Waals surface area contributed by atoms with Gasteiger partial charge in [-0.1, -0.05) is 6.07 Å². The van der Waals surface area contributed by atoms with Crippen LogP contribution >= 0.6 is 0 Å². The molecule has 1 aliphatic rings. The van der Waals surface area contributed by atoms with Gasteiger partial charge in [-0.2, -0.15) is 0 Å². The molecule has 2 heterocycles. The van der Waals surface area contributed by atoms with Gasteiger partial charge in [0.2, 0.25) is 5.91 Å². The number of rotatable bonds is 2. The van der Waals surface area contributed by atoms with E-state index >= 15 is 0 Å². The van der Waals surface area contributed by atoms with E-state index in [0.717, 1.165) is 23.0 Å². The average Bonchev–Trinajstić information content (AvgIpc) is 2.55. The molecule has 22 heavy (non-hydrogen) atoms. The Bertz CT molecular complexity index is 744. The van der Waals surface area contributed by atoms with E-state index in [2.05, 4.69) is 4.98 Å². The highest BCUT2D eigenvalue weighted by Crippen LogP contribution is 2.23. The molecule has 1 fully saturated rings. The fourth-order valence-corrected chi connectivity index (χ4v) is 2.52. The predicted molar refractivity (Wildman–Crippen MR) is 82.9 cm³/mol. The molecule has 0 spiro atoms. The highest BCUT2D eigenvalue weighted by atomic mass is 16.5. The van der Waals surface area contributed by atoms with Crippen molar-refractivity contribution in [2.24, 2.45) is 0 Å². The number of carbonyl (C=O) groups excluding carboxylic acids is 2. The maximum absolute atomic E-state index is 11.8. The van der Waals surface area contributed by atoms with E-state index in [0.29, 0.717) is 13.1 Å². The lowest BCUT2D eigenvalue weighted by Gasteiger charge is -2.33. The number of benzene rings is 1. The molecule has 0 atom stereocenters. The number of likely N-dealkylation sites (N-methyl/N-ethyl adjacent to an activating group) is 1. The smallest absolute Gasteiger partial charge is 0.356 e. The Hall–Kier alpha value is -2.63. The van der Waals surface area contributed by atoms with E-state index in [4.69, 9.17) is 4.74 Å². The van der Waals surface area contributed by atoms with Gasteiger partial charge in [0.05, 0.1) is 13.7 Å². The molecule has 0 aliphatic carbocycles. The Balaban J connectivity index is 1.94. The van der Waals surface area contributed by atoms with Crippen LogP contribution in [0.15, 0.2) is 30.5 Å². The lowest BCUT2D eigenvalue weighted by Crippen LogP contribution is -2.48. The third-order valence-corrected chi connectivity index (χ3v) is 3.92. The zero-order valence-electron chi connectivity index (χ0n) is 12.6. The SMILES string of the molecule is COC(=O)c1cc2cc(N3CCN(C)C(=O)C3)ccc2cn1. The van der Waals surface area contributed by atoms with E-state index < -0.39 is 5.97 Å². The molecule has 0 bridgehead atoms. The van der Waals surface area contributed by atoms with Crippen molar-refractivity contribution in [3.8, 4) is 0 Å². The fourth-order valence-electron chi connectivity index (χ4n) is 2.52. The summed E-state index contributed by atoms with van der Waals surface area (Å²) in [6.07, 6.45) is 1.65. The molecular weight excluding hydrogens is 282 g/mol. The lowest BCUT2D eigenvalue weighted by molar-refractivity contribution is -0.129. The summed E-state index contributed by atoms with van der Waals surface area (Å²) in [5.74, 6) is -0.349. The highest BCUT2D eigenvalue weighted by molar-refractivity contribution is 5.94. The molecule has 0 radical (unpaired) electrons. The zero-order chi connectivity index (χ0) is 15.7. The molecular formula is C16H17N3O3. The summed E-state index contributed by atoms with van der Waals surface area (Å²) in [5.41, 5.74) is 1.25. The van der Waals surface area contributed by atoms with Gasteiger partial charge in [-0.05, 0) is 23.6 Å². The molecule has 0 N–H and O–H groups in total. The van der Waals surface area contributed by atoms with Crippen molar-refractivity contribution in [2.45, 2.75) is 0 Å². The summed E-state index contributed by atoms with van der Waals surface area (Å²) in [4.78, 5) is 31.3. The largest absolute Gasteiger partial charge is 0.464 e. The number of amides is 1. The van der Waals surface area contributed by atoms with Crippen LogP contribution in [0.1, 0.15) is 10.5 Å². The maximum atomic E-state index is 11.8. The molecule has 1 amide bonds. The topological polar surface area (TPSA) is 62.7 Å². The maximum Gasteiger partial charge on any atom is 0.356 e. The van der Waals surface area contributed by atoms with Gasteiger partial charge >= 0.3 is 5.97 Å². The molecule has 0 unspecified atom stereocenters. The molecule has 1 aromatic heterocycles. The third-order valence-electron chi connectivity index (χ3n) is 3.92. The summed E-state index contributed by atoms with van der Waals surface area (Å²) < 4.78 is 4.70. The Morgan fingerprint density at radius 2 is 2.05 bits per heavy atom. The zero-order valence-corrected chi connectivity index (χ0v) is 12.6. The number of esters is 1. The number of carbonyl (C=O) groups is 2. The number of hydrogen-bond donors (Lipinski definition) is 0. The fraction of sp³-hybridized carbons (Fsp3) is 0.312. The van der Waals surface area contributed by atoms with Crippen molar-refractivity contribution < 1.29 is 14.3 Å². The Morgan fingerprint density at radius 3 is 2.77 bits per heavy atom. The van der Waals surface area contributed by atoms with Gasteiger partial charge in [-0.15, -0.1) is 0 Å². The molecule has 6 nitrogen and oxygen atoms in total. The number of methoxy groups -OCH3 is 1. The van der Waals surface area contributed by atoms with Crippen molar-refractivity contribution in [1.82, 2.24) is 9.88 Å². The molecule has 114 valence electrons. The van der Waals surface area contributed by atoms with Crippen molar-refractivity contribution in [3.63, 3.8) is 0 Å². The Morgan fingerprint density at radius 1 is 1.23 bits per heavy atom. The van der Waals surface area contributed by atoms with Crippen LogP contribution in [-0.4, -0.2) is 55.6 Å². The van der Waals surface area contributed by atoms with Gasteiger partial charge < -0.3 is 14.5 Å². The van der Waals surface area contributed by atoms with Gasteiger partial charge in [0.15, 0.2) is 0 Å². The Kier molecular flexibility index (Phi) is 3.66. The van der Waals surface area contributed by atoms with Crippen molar-refractivity contribution in [2.75, 3.05) is 38.7 Å². The second-order valence-corrected chi connectivity index (χ2v) is 5.33. The number of ether oxygens (including phenoxy) is 1. The van der Waals surface area contributed by atoms with E-state index in [1.807, 2.05) is 30.1 Å². The first-order chi connectivity index (χ1) is 10.6. The standard InChI is InChI=1S/C16H17N3O3/c1-18-5-6-19(10-15(18)20)13-4-3-11-9-17-14(16(21)22-2)8-12(11)7-13/h3-4,7-9H,5-6,10H2,1-2H3. The van der Waals surface area contributed by atoms with Crippen LogP contribution in [0.5, 0.6) is 0 Å². The summed E-state index contributed by atoms with van der Waals surface area (Å²) in [6.45, 7) is 1.88. The number of anilines is 1. The number of nitrogens with zero attached hydrogens (tertiary/aromatic N) is 3. The molecule has 1 aliphatic heterocycles. The Labute approximate surface area is 128 Å². The molecule has 1 aromatic carbocycles. The van der Waals surface area contributed by atoms with E-state index in [-0.39, 0.29) is 11.6 Å². The highest BCUT2D eigenvalue weighted by Gasteiger charge is 2.21. The molecule has 3 rings (SSSR count). The number of hydrogen-bond acceptors (Lipinski definition) is 5. The monoisotopic (exact) mass is 299 g/mol. The minimum absolute atomic E-state index is 0.108. The first-order valence-corrected chi connectivity index (χ1v) is 7.05. The summed E-state index contributed by atoms with van der Waals surface area (Å²) in [6, 6.07) is 7.60. The van der Waals surface area contributed by atoms with Gasteiger partial charge in [-0.3, -0.25) is 4.79 Å². The summed E-state index contributed by atoms with van der Waals surface area (Å²) >= 11 is 0. The van der Waals surface area contributed by atoms with Crippen LogP contribution in [0.25, 0.3) is 10.8 Å². The second kappa shape index (κ2) is 5.63. The van der Waals surface area contributed by atoms with E-state index in [1.165, 1.54) is 7.11 Å². The number of pyridine rings is 1. The number of fused-ring (bicyclic) bond motifs is 1. The number of piperazine rings is 1. The third kappa shape index (κ3) is 2.59. The number of aromatic nitrogens is 1. The van der Waals surface area contributed by atoms with Gasteiger partial charge in [0.25, 0.3) is 0 Å². The van der Waals surface area contributed by atoms with E-state index in [1.54, 1.807) is 17.2 Å². The molecule has 2 aromatic rings. The van der Waals surface area contributed by atoms with Crippen LogP contribution < -0.4 is 4.90 Å². The normalized spacial score (nSPS) is 15.3. The van der Waals surface area contributed by atoms with Crippen LogP contribution in [-0.2, 0) is 9.53 Å². The lowest BCUT2D eigenvalue weighted by atomic mass is 10.1. The first-order valence-electron chi connectivity index (χ1n) is 7.05. The van der Waals surface area contributed by atoms with Gasteiger partial charge in [-0.25, -0.2) is 9.78 Å². The molecule has 0 saturated carbocycles. The minimum Gasteiger partial charge on any atom is -0.464 e. The van der Waals surface area contributed by atoms with Crippen LogP contribution in [0.2, 0.25) is 0 Å². The van der Waals surface area contributed by atoms with Crippen LogP contribution in [0.4, 0.5) is 5.69 Å². The second-order valence-electron chi connectivity index (χ2n) is 5.33. The van der Waals surface area contributed by atoms with Gasteiger partial charge in [0, 0.05) is 37.4 Å². The predicted octanol–water partition coefficient (Wildman–Crippen LogP) is 1.30. The molecule has 6 heteroatoms. The quantitative estimate of drug-likeness (QED) is 0.782. The van der Waals surface area contributed by atoms with Crippen molar-refractivity contribution in [3.05, 3.63) is 36.2 Å². The first kappa shape index (κ1) is 14.3. The van der Waals surface area contributed by atoms with Crippen molar-refractivity contribution >= 4 is 28.3 Å². The minimum atomic E-state index is -0.456. The van der Waals surface area contributed by atoms with Gasteiger partial charge in [0.1, 0.15) is 5.69 Å². The summed E-state index contributed by atoms with van der Waals surface area (Å²) in [5, 5.41) is 1.84. The van der Waals surface area contributed by atoms with Crippen molar-refractivity contribution in [1.29, 1.82) is 0 Å². The van der Waals surface area contributed by atoms with Crippen LogP contribution in [0.3, 0.4) is 0 Å². The van der Waals surface area contributed by atoms with E-state index in [9.17, 15) is 9.59 Å². The average molecular weight is 299 g/mol. The molecule has 1 saturated heterocycles. The summed E-state index contributed by atoms with van der Waals surface area (Å²) in [7, 11) is 3.15.